The molecule has 0 radical (unpaired) electrons. The number of nitrogens with zero attached hydrogens (tertiary/aromatic N) is 1. The number of likely N-dealkylation sites (tertiary alicyclic amines) is 1. The molecule has 0 aliphatic carbocycles. The van der Waals surface area contributed by atoms with Crippen molar-refractivity contribution in [1.29, 1.82) is 0 Å². The van der Waals surface area contributed by atoms with Crippen LogP contribution in [-0.4, -0.2) is 37.7 Å². The van der Waals surface area contributed by atoms with Crippen LogP contribution in [0, 0.1) is 11.8 Å². The van der Waals surface area contributed by atoms with Gasteiger partial charge in [0.2, 0.25) is 0 Å². The summed E-state index contributed by atoms with van der Waals surface area (Å²) in [6.45, 7) is 4.62. The lowest BCUT2D eigenvalue weighted by atomic mass is 10.1. The van der Waals surface area contributed by atoms with E-state index in [0.29, 0.717) is 6.54 Å². The second-order valence-electron chi connectivity index (χ2n) is 5.49. The van der Waals surface area contributed by atoms with E-state index in [1.807, 2.05) is 24.3 Å². The number of nitrogens with two attached hydrogens (primary N) is 1. The van der Waals surface area contributed by atoms with Crippen molar-refractivity contribution in [1.82, 2.24) is 4.90 Å². The first-order valence-corrected chi connectivity index (χ1v) is 8.02. The van der Waals surface area contributed by atoms with Gasteiger partial charge in [-0.2, -0.15) is 0 Å². The van der Waals surface area contributed by atoms with Gasteiger partial charge < -0.3 is 10.5 Å². The summed E-state index contributed by atoms with van der Waals surface area (Å²) in [5, 5.41) is 0. The Morgan fingerprint density at radius 3 is 2.33 bits per heavy atom. The fourth-order valence-corrected chi connectivity index (χ4v) is 2.62. The Bertz CT molecular complexity index is 450. The van der Waals surface area contributed by atoms with Gasteiger partial charge in [0.1, 0.15) is 12.4 Å². The highest BCUT2D eigenvalue weighted by atomic mass is 16.5. The topological polar surface area (TPSA) is 38.5 Å². The number of rotatable bonds is 4. The molecule has 1 aliphatic rings. The van der Waals surface area contributed by atoms with Crippen molar-refractivity contribution in [3.8, 4) is 17.6 Å². The van der Waals surface area contributed by atoms with Gasteiger partial charge in [0, 0.05) is 12.1 Å². The predicted molar refractivity (Wildman–Crippen MR) is 87.4 cm³/mol. The molecular formula is C18H26N2O. The van der Waals surface area contributed by atoms with Gasteiger partial charge in [-0.05, 0) is 50.2 Å². The summed E-state index contributed by atoms with van der Waals surface area (Å²) in [7, 11) is 0. The number of benzene rings is 1. The minimum absolute atomic E-state index is 0.397. The molecule has 0 aromatic heterocycles. The van der Waals surface area contributed by atoms with Crippen molar-refractivity contribution < 1.29 is 4.74 Å². The van der Waals surface area contributed by atoms with Crippen LogP contribution >= 0.6 is 0 Å². The van der Waals surface area contributed by atoms with Gasteiger partial charge in [-0.3, -0.25) is 4.90 Å². The third-order valence-corrected chi connectivity index (χ3v) is 3.81. The number of hydrogen-bond donors (Lipinski definition) is 1. The van der Waals surface area contributed by atoms with Crippen molar-refractivity contribution in [3.05, 3.63) is 29.8 Å². The zero-order valence-corrected chi connectivity index (χ0v) is 12.8. The maximum atomic E-state index is 5.83. The maximum Gasteiger partial charge on any atom is 0.119 e. The highest BCUT2D eigenvalue weighted by Crippen LogP contribution is 2.13. The van der Waals surface area contributed by atoms with Crippen molar-refractivity contribution in [2.45, 2.75) is 32.1 Å². The molecule has 0 unspecified atom stereocenters. The van der Waals surface area contributed by atoms with E-state index in [2.05, 4.69) is 16.7 Å². The van der Waals surface area contributed by atoms with E-state index in [-0.39, 0.29) is 0 Å². The van der Waals surface area contributed by atoms with Crippen LogP contribution in [0.3, 0.4) is 0 Å². The van der Waals surface area contributed by atoms with Crippen LogP contribution in [0.5, 0.6) is 5.75 Å². The molecule has 1 aromatic carbocycles. The molecule has 114 valence electrons. The number of ether oxygens (including phenoxy) is 1. The molecule has 2 N–H and O–H groups in total. The normalized spacial score (nSPS) is 16.4. The molecule has 1 fully saturated rings. The van der Waals surface area contributed by atoms with E-state index in [1.165, 1.54) is 45.2 Å². The Morgan fingerprint density at radius 2 is 1.67 bits per heavy atom. The lowest BCUT2D eigenvalue weighted by Gasteiger charge is -2.24. The van der Waals surface area contributed by atoms with Crippen molar-refractivity contribution >= 4 is 0 Å². The molecule has 1 aliphatic heterocycles. The molecular weight excluding hydrogens is 260 g/mol. The summed E-state index contributed by atoms with van der Waals surface area (Å²) in [5.41, 5.74) is 6.34. The monoisotopic (exact) mass is 286 g/mol. The van der Waals surface area contributed by atoms with Crippen LogP contribution in [0.15, 0.2) is 24.3 Å². The predicted octanol–water partition coefficient (Wildman–Crippen LogP) is 2.64. The van der Waals surface area contributed by atoms with Gasteiger partial charge >= 0.3 is 0 Å². The van der Waals surface area contributed by atoms with Crippen molar-refractivity contribution in [3.63, 3.8) is 0 Å². The van der Waals surface area contributed by atoms with Crippen LogP contribution < -0.4 is 10.5 Å². The minimum atomic E-state index is 0.397. The zero-order chi connectivity index (χ0) is 14.8. The summed E-state index contributed by atoms with van der Waals surface area (Å²) in [6, 6.07) is 7.92. The second kappa shape index (κ2) is 9.44. The first-order chi connectivity index (χ1) is 10.4. The van der Waals surface area contributed by atoms with E-state index < -0.39 is 0 Å². The van der Waals surface area contributed by atoms with E-state index in [4.69, 9.17) is 10.5 Å². The summed E-state index contributed by atoms with van der Waals surface area (Å²) < 4.78 is 5.83. The van der Waals surface area contributed by atoms with Crippen molar-refractivity contribution in [2.24, 2.45) is 5.73 Å². The van der Waals surface area contributed by atoms with Crippen LogP contribution in [0.25, 0.3) is 0 Å². The average Bonchev–Trinajstić information content (AvgIpc) is 2.48. The third-order valence-electron chi connectivity index (χ3n) is 3.81. The minimum Gasteiger partial charge on any atom is -0.492 e. The molecule has 3 heteroatoms. The molecule has 0 spiro atoms. The molecule has 1 heterocycles. The van der Waals surface area contributed by atoms with Gasteiger partial charge in [0.05, 0.1) is 6.54 Å². The fourth-order valence-electron chi connectivity index (χ4n) is 2.62. The maximum absolute atomic E-state index is 5.83. The molecule has 3 nitrogen and oxygen atoms in total. The summed E-state index contributed by atoms with van der Waals surface area (Å²) in [5.74, 6) is 6.78. The summed E-state index contributed by atoms with van der Waals surface area (Å²) in [4.78, 5) is 2.53. The second-order valence-corrected chi connectivity index (χ2v) is 5.49. The SMILES string of the molecule is NCC#Cc1ccc(OCCN2CCCCCCC2)cc1. The quantitative estimate of drug-likeness (QED) is 0.865. The van der Waals surface area contributed by atoms with E-state index in [0.717, 1.165) is 24.5 Å². The lowest BCUT2D eigenvalue weighted by molar-refractivity contribution is 0.195. The molecule has 0 saturated carbocycles. The largest absolute Gasteiger partial charge is 0.492 e. The van der Waals surface area contributed by atoms with Gasteiger partial charge in [0.25, 0.3) is 0 Å². The Balaban J connectivity index is 1.72. The highest BCUT2D eigenvalue weighted by Gasteiger charge is 2.07. The Labute approximate surface area is 128 Å². The average molecular weight is 286 g/mol. The molecule has 1 saturated heterocycles. The molecule has 0 atom stereocenters. The molecule has 0 amide bonds. The zero-order valence-electron chi connectivity index (χ0n) is 12.8. The van der Waals surface area contributed by atoms with Crippen LogP contribution in [0.4, 0.5) is 0 Å². The first kappa shape index (κ1) is 15.9. The Morgan fingerprint density at radius 1 is 1.00 bits per heavy atom. The molecule has 2 rings (SSSR count). The van der Waals surface area contributed by atoms with Gasteiger partial charge in [0.15, 0.2) is 0 Å². The van der Waals surface area contributed by atoms with Gasteiger partial charge in [-0.1, -0.05) is 31.1 Å². The first-order valence-electron chi connectivity index (χ1n) is 8.02. The van der Waals surface area contributed by atoms with Crippen LogP contribution in [0.1, 0.15) is 37.7 Å². The summed E-state index contributed by atoms with van der Waals surface area (Å²) >= 11 is 0. The highest BCUT2D eigenvalue weighted by molar-refractivity contribution is 5.38. The smallest absolute Gasteiger partial charge is 0.119 e. The third kappa shape index (κ3) is 6.20. The lowest BCUT2D eigenvalue weighted by Crippen LogP contribution is -2.31. The van der Waals surface area contributed by atoms with Crippen LogP contribution in [-0.2, 0) is 0 Å². The van der Waals surface area contributed by atoms with Crippen molar-refractivity contribution in [2.75, 3.05) is 32.8 Å². The van der Waals surface area contributed by atoms with Gasteiger partial charge in [-0.25, -0.2) is 0 Å². The Kier molecular flexibility index (Phi) is 7.14. The fraction of sp³-hybridized carbons (Fsp3) is 0.556. The van der Waals surface area contributed by atoms with E-state index in [9.17, 15) is 0 Å². The standard InChI is InChI=1S/C18H26N2O/c19-12-6-7-17-8-10-18(11-9-17)21-16-15-20-13-4-2-1-3-5-14-20/h8-11H,1-5,12-16,19H2. The van der Waals surface area contributed by atoms with Crippen LogP contribution in [0.2, 0.25) is 0 Å². The van der Waals surface area contributed by atoms with E-state index in [1.54, 1.807) is 0 Å². The van der Waals surface area contributed by atoms with Gasteiger partial charge in [-0.15, -0.1) is 0 Å². The van der Waals surface area contributed by atoms with E-state index >= 15 is 0 Å². The molecule has 21 heavy (non-hydrogen) atoms. The Hall–Kier alpha value is -1.50. The summed E-state index contributed by atoms with van der Waals surface area (Å²) in [6.07, 6.45) is 6.82. The molecule has 1 aromatic rings. The number of hydrogen-bond acceptors (Lipinski definition) is 3. The molecule has 0 bridgehead atoms.